The van der Waals surface area contributed by atoms with Crippen molar-refractivity contribution in [3.05, 3.63) is 53.1 Å². The summed E-state index contributed by atoms with van der Waals surface area (Å²) < 4.78 is 5.23. The Morgan fingerprint density at radius 3 is 2.61 bits per heavy atom. The number of methoxy groups -OCH3 is 1. The van der Waals surface area contributed by atoms with Gasteiger partial charge in [0.15, 0.2) is 0 Å². The lowest BCUT2D eigenvalue weighted by Gasteiger charge is -2.10. The monoisotopic (exact) mass is 242 g/mol. The lowest BCUT2D eigenvalue weighted by atomic mass is 9.99. The van der Waals surface area contributed by atoms with Crippen LogP contribution in [0.3, 0.4) is 0 Å². The highest BCUT2D eigenvalue weighted by Gasteiger charge is 2.14. The molecule has 0 saturated heterocycles. The number of hydrogen-bond donors (Lipinski definition) is 0. The van der Waals surface area contributed by atoms with Crippen molar-refractivity contribution in [2.24, 2.45) is 0 Å². The molecule has 4 heteroatoms. The topological polar surface area (TPSA) is 52.1 Å². The van der Waals surface area contributed by atoms with Crippen LogP contribution in [0.4, 0.5) is 0 Å². The van der Waals surface area contributed by atoms with Crippen LogP contribution >= 0.6 is 0 Å². The van der Waals surface area contributed by atoms with Gasteiger partial charge in [0, 0.05) is 11.8 Å². The van der Waals surface area contributed by atoms with E-state index in [9.17, 15) is 4.79 Å². The molecule has 1 heterocycles. The molecule has 0 amide bonds. The summed E-state index contributed by atoms with van der Waals surface area (Å²) in [5, 5.41) is 0. The average molecular weight is 242 g/mol. The predicted molar refractivity (Wildman–Crippen MR) is 67.9 cm³/mol. The summed E-state index contributed by atoms with van der Waals surface area (Å²) in [5.74, 6) is 0.687. The average Bonchev–Trinajstić information content (AvgIpc) is 2.41. The Morgan fingerprint density at radius 1 is 1.22 bits per heavy atom. The maximum absolute atomic E-state index is 12.3. The largest absolute Gasteiger partial charge is 0.496 e. The van der Waals surface area contributed by atoms with Gasteiger partial charge in [-0.05, 0) is 43.2 Å². The molecule has 92 valence electrons. The van der Waals surface area contributed by atoms with E-state index < -0.39 is 0 Å². The van der Waals surface area contributed by atoms with Crippen molar-refractivity contribution in [1.82, 2.24) is 9.97 Å². The van der Waals surface area contributed by atoms with Gasteiger partial charge < -0.3 is 4.74 Å². The van der Waals surface area contributed by atoms with Crippen LogP contribution in [0, 0.1) is 13.8 Å². The molecule has 0 saturated carbocycles. The number of hydrogen-bond acceptors (Lipinski definition) is 4. The summed E-state index contributed by atoms with van der Waals surface area (Å²) in [4.78, 5) is 20.1. The van der Waals surface area contributed by atoms with E-state index in [-0.39, 0.29) is 5.78 Å². The van der Waals surface area contributed by atoms with Gasteiger partial charge in [-0.15, -0.1) is 0 Å². The number of rotatable bonds is 3. The highest BCUT2D eigenvalue weighted by molar-refractivity contribution is 6.08. The smallest absolute Gasteiger partial charge is 0.211 e. The van der Waals surface area contributed by atoms with Crippen LogP contribution in [-0.4, -0.2) is 22.9 Å². The van der Waals surface area contributed by atoms with Crippen LogP contribution in [0.5, 0.6) is 5.75 Å². The van der Waals surface area contributed by atoms with E-state index >= 15 is 0 Å². The maximum atomic E-state index is 12.3. The quantitative estimate of drug-likeness (QED) is 0.775. The van der Waals surface area contributed by atoms with E-state index in [4.69, 9.17) is 4.74 Å². The first-order chi connectivity index (χ1) is 8.63. The first-order valence-corrected chi connectivity index (χ1v) is 5.59. The van der Waals surface area contributed by atoms with Crippen LogP contribution in [0.15, 0.2) is 30.7 Å². The first-order valence-electron chi connectivity index (χ1n) is 5.59. The highest BCUT2D eigenvalue weighted by Crippen LogP contribution is 2.23. The van der Waals surface area contributed by atoms with Crippen molar-refractivity contribution in [2.75, 3.05) is 7.11 Å². The molecule has 1 aromatic heterocycles. The Bertz CT molecular complexity index is 580. The molecule has 0 aliphatic carbocycles. The number of benzene rings is 1. The second-order valence-corrected chi connectivity index (χ2v) is 4.06. The van der Waals surface area contributed by atoms with Gasteiger partial charge in [0.25, 0.3) is 0 Å². The first kappa shape index (κ1) is 12.2. The second-order valence-electron chi connectivity index (χ2n) is 4.06. The van der Waals surface area contributed by atoms with Crippen LogP contribution in [-0.2, 0) is 0 Å². The molecule has 0 radical (unpaired) electrons. The van der Waals surface area contributed by atoms with Crippen molar-refractivity contribution >= 4 is 5.78 Å². The zero-order chi connectivity index (χ0) is 13.1. The van der Waals surface area contributed by atoms with Gasteiger partial charge in [0.05, 0.1) is 7.11 Å². The molecule has 2 rings (SSSR count). The third-order valence-electron chi connectivity index (χ3n) is 2.80. The van der Waals surface area contributed by atoms with Crippen molar-refractivity contribution in [3.8, 4) is 5.75 Å². The predicted octanol–water partition coefficient (Wildman–Crippen LogP) is 2.33. The molecule has 0 N–H and O–H groups in total. The minimum absolute atomic E-state index is 0.0966. The molecule has 1 aromatic carbocycles. The number of ether oxygens (including phenoxy) is 1. The minimum Gasteiger partial charge on any atom is -0.496 e. The molecule has 0 aliphatic rings. The second kappa shape index (κ2) is 4.96. The fourth-order valence-corrected chi connectivity index (χ4v) is 1.82. The molecule has 0 spiro atoms. The van der Waals surface area contributed by atoms with E-state index in [0.29, 0.717) is 11.3 Å². The van der Waals surface area contributed by atoms with Gasteiger partial charge >= 0.3 is 0 Å². The summed E-state index contributed by atoms with van der Waals surface area (Å²) in [5.41, 5.74) is 2.85. The Balaban J connectivity index is 2.46. The number of carbonyl (C=O) groups is 1. The molecule has 2 aromatic rings. The lowest BCUT2D eigenvalue weighted by Crippen LogP contribution is -2.07. The summed E-state index contributed by atoms with van der Waals surface area (Å²) in [6.07, 6.45) is 2.94. The van der Waals surface area contributed by atoms with Crippen molar-refractivity contribution in [3.63, 3.8) is 0 Å². The molecular weight excluding hydrogens is 228 g/mol. The number of carbonyl (C=O) groups excluding carboxylic acids is 1. The molecule has 4 nitrogen and oxygen atoms in total. The van der Waals surface area contributed by atoms with E-state index in [1.807, 2.05) is 26.0 Å². The van der Waals surface area contributed by atoms with Gasteiger partial charge in [-0.25, -0.2) is 9.97 Å². The van der Waals surface area contributed by atoms with E-state index in [0.717, 1.165) is 16.9 Å². The number of aryl methyl sites for hydroxylation is 2. The number of ketones is 1. The molecule has 0 fully saturated rings. The SMILES string of the molecule is COc1cc(C)c(C(=O)c2ccncn2)cc1C. The Morgan fingerprint density at radius 2 is 2.00 bits per heavy atom. The minimum atomic E-state index is -0.0966. The summed E-state index contributed by atoms with van der Waals surface area (Å²) >= 11 is 0. The van der Waals surface area contributed by atoms with Crippen molar-refractivity contribution in [2.45, 2.75) is 13.8 Å². The zero-order valence-corrected chi connectivity index (χ0v) is 10.6. The third kappa shape index (κ3) is 2.22. The molecule has 0 atom stereocenters. The fourth-order valence-electron chi connectivity index (χ4n) is 1.82. The lowest BCUT2D eigenvalue weighted by molar-refractivity contribution is 0.103. The maximum Gasteiger partial charge on any atom is 0.211 e. The molecule has 18 heavy (non-hydrogen) atoms. The molecule has 0 bridgehead atoms. The van der Waals surface area contributed by atoms with Crippen molar-refractivity contribution < 1.29 is 9.53 Å². The highest BCUT2D eigenvalue weighted by atomic mass is 16.5. The van der Waals surface area contributed by atoms with Crippen LogP contribution in [0.1, 0.15) is 27.2 Å². The van der Waals surface area contributed by atoms with Crippen LogP contribution < -0.4 is 4.74 Å². The number of nitrogens with zero attached hydrogens (tertiary/aromatic N) is 2. The van der Waals surface area contributed by atoms with E-state index in [1.54, 1.807) is 19.4 Å². The summed E-state index contributed by atoms with van der Waals surface area (Å²) in [6.45, 7) is 3.80. The van der Waals surface area contributed by atoms with E-state index in [1.165, 1.54) is 6.33 Å². The van der Waals surface area contributed by atoms with Crippen LogP contribution in [0.25, 0.3) is 0 Å². The fraction of sp³-hybridized carbons (Fsp3) is 0.214. The van der Waals surface area contributed by atoms with Crippen LogP contribution in [0.2, 0.25) is 0 Å². The third-order valence-corrected chi connectivity index (χ3v) is 2.80. The van der Waals surface area contributed by atoms with Gasteiger partial charge in [-0.1, -0.05) is 0 Å². The van der Waals surface area contributed by atoms with Gasteiger partial charge in [0.1, 0.15) is 17.8 Å². The molecular formula is C14H14N2O2. The Kier molecular flexibility index (Phi) is 3.37. The Labute approximate surface area is 106 Å². The normalized spacial score (nSPS) is 10.2. The van der Waals surface area contributed by atoms with E-state index in [2.05, 4.69) is 9.97 Å². The molecule has 0 unspecified atom stereocenters. The van der Waals surface area contributed by atoms with Gasteiger partial charge in [-0.3, -0.25) is 4.79 Å². The van der Waals surface area contributed by atoms with Crippen molar-refractivity contribution in [1.29, 1.82) is 0 Å². The zero-order valence-electron chi connectivity index (χ0n) is 10.6. The summed E-state index contributed by atoms with van der Waals surface area (Å²) in [6, 6.07) is 5.31. The number of aromatic nitrogens is 2. The standard InChI is InChI=1S/C14H14N2O2/c1-9-7-13(18-3)10(2)6-11(9)14(17)12-4-5-15-8-16-12/h4-8H,1-3H3. The molecule has 0 aliphatic heterocycles. The summed E-state index contributed by atoms with van der Waals surface area (Å²) in [7, 11) is 1.62. The van der Waals surface area contributed by atoms with Gasteiger partial charge in [-0.2, -0.15) is 0 Å². The van der Waals surface area contributed by atoms with Gasteiger partial charge in [0.2, 0.25) is 5.78 Å². The Hall–Kier alpha value is -2.23.